The van der Waals surface area contributed by atoms with Crippen molar-refractivity contribution in [3.8, 4) is 0 Å². The minimum atomic E-state index is -4.61. The van der Waals surface area contributed by atoms with Gasteiger partial charge in [-0.25, -0.2) is 8.42 Å². The maximum absolute atomic E-state index is 12.8. The average Bonchev–Trinajstić information content (AvgIpc) is 2.55. The van der Waals surface area contributed by atoms with Gasteiger partial charge < -0.3 is 5.32 Å². The molecule has 0 aromatic heterocycles. The molecule has 0 aliphatic heterocycles. The van der Waals surface area contributed by atoms with Crippen LogP contribution in [-0.4, -0.2) is 20.4 Å². The second-order valence-electron chi connectivity index (χ2n) is 5.48. The predicted octanol–water partition coefficient (Wildman–Crippen LogP) is 4.43. The van der Waals surface area contributed by atoms with E-state index in [-0.39, 0.29) is 15.6 Å². The molecule has 0 heterocycles. The molecule has 1 amide bonds. The third-order valence-electron chi connectivity index (χ3n) is 3.40. The quantitative estimate of drug-likeness (QED) is 0.658. The molecule has 0 saturated carbocycles. The van der Waals surface area contributed by atoms with Crippen molar-refractivity contribution < 1.29 is 26.4 Å². The van der Waals surface area contributed by atoms with Gasteiger partial charge in [-0.3, -0.25) is 4.79 Å². The SMILES string of the molecule is CC(NS(=O)(=O)c1ccc(Br)cc1)C(=O)Nc1cc(C(F)(F)F)ccc1Cl. The van der Waals surface area contributed by atoms with Crippen molar-refractivity contribution in [1.29, 1.82) is 0 Å². The van der Waals surface area contributed by atoms with Crippen LogP contribution in [0.2, 0.25) is 5.02 Å². The monoisotopic (exact) mass is 484 g/mol. The van der Waals surface area contributed by atoms with Gasteiger partial charge in [0, 0.05) is 4.47 Å². The van der Waals surface area contributed by atoms with Crippen molar-refractivity contribution in [3.05, 3.63) is 57.5 Å². The Kier molecular flexibility index (Phi) is 6.56. The molecule has 2 rings (SSSR count). The number of sulfonamides is 1. The Balaban J connectivity index is 2.15. The molecule has 11 heteroatoms. The molecule has 0 aliphatic rings. The highest BCUT2D eigenvalue weighted by Crippen LogP contribution is 2.33. The van der Waals surface area contributed by atoms with E-state index in [9.17, 15) is 26.4 Å². The summed E-state index contributed by atoms with van der Waals surface area (Å²) >= 11 is 8.99. The molecule has 1 unspecified atom stereocenters. The Morgan fingerprint density at radius 1 is 1.15 bits per heavy atom. The number of hydrogen-bond donors (Lipinski definition) is 2. The van der Waals surface area contributed by atoms with Crippen LogP contribution in [0.5, 0.6) is 0 Å². The molecule has 0 saturated heterocycles. The minimum absolute atomic E-state index is 0.0672. The molecule has 2 aromatic rings. The Labute approximate surface area is 167 Å². The van der Waals surface area contributed by atoms with Crippen LogP contribution < -0.4 is 10.0 Å². The summed E-state index contributed by atoms with van der Waals surface area (Å²) in [6.07, 6.45) is -4.61. The summed E-state index contributed by atoms with van der Waals surface area (Å²) in [6.45, 7) is 1.26. The molecular weight excluding hydrogens is 473 g/mol. The van der Waals surface area contributed by atoms with Crippen LogP contribution in [-0.2, 0) is 21.0 Å². The lowest BCUT2D eigenvalue weighted by atomic mass is 10.2. The minimum Gasteiger partial charge on any atom is -0.323 e. The lowest BCUT2D eigenvalue weighted by Crippen LogP contribution is -2.41. The van der Waals surface area contributed by atoms with Crippen LogP contribution in [0.25, 0.3) is 0 Å². The summed E-state index contributed by atoms with van der Waals surface area (Å²) in [5.74, 6) is -0.864. The van der Waals surface area contributed by atoms with Crippen LogP contribution in [0.3, 0.4) is 0 Å². The first-order valence-corrected chi connectivity index (χ1v) is 10.0. The van der Waals surface area contributed by atoms with E-state index in [1.807, 2.05) is 0 Å². The molecule has 0 fully saturated rings. The zero-order chi connectivity index (χ0) is 20.4. The first-order chi connectivity index (χ1) is 12.4. The number of halogens is 5. The van der Waals surface area contributed by atoms with Crippen LogP contribution in [0.15, 0.2) is 51.8 Å². The van der Waals surface area contributed by atoms with Crippen molar-refractivity contribution in [2.24, 2.45) is 0 Å². The van der Waals surface area contributed by atoms with Crippen LogP contribution in [0.1, 0.15) is 12.5 Å². The van der Waals surface area contributed by atoms with Crippen molar-refractivity contribution in [2.45, 2.75) is 24.0 Å². The second-order valence-corrected chi connectivity index (χ2v) is 8.52. The summed E-state index contributed by atoms with van der Waals surface area (Å²) in [4.78, 5) is 12.1. The number of carbonyl (C=O) groups excluding carboxylic acids is 1. The standard InChI is InChI=1S/C16H13BrClF3N2O3S/c1-9(23-27(25,26)12-5-3-11(17)4-6-12)15(24)22-14-8-10(16(19,20)21)2-7-13(14)18/h2-9,23H,1H3,(H,22,24). The largest absolute Gasteiger partial charge is 0.416 e. The van der Waals surface area contributed by atoms with Gasteiger partial charge in [-0.05, 0) is 49.4 Å². The summed E-state index contributed by atoms with van der Waals surface area (Å²) in [6, 6.07) is 6.89. The highest BCUT2D eigenvalue weighted by Gasteiger charge is 2.31. The molecule has 146 valence electrons. The zero-order valence-electron chi connectivity index (χ0n) is 13.6. The number of alkyl halides is 3. The molecule has 2 aromatic carbocycles. The van der Waals surface area contributed by atoms with Crippen molar-refractivity contribution in [3.63, 3.8) is 0 Å². The summed E-state index contributed by atoms with van der Waals surface area (Å²) in [5, 5.41) is 2.09. The van der Waals surface area contributed by atoms with Gasteiger partial charge >= 0.3 is 6.18 Å². The maximum atomic E-state index is 12.8. The van der Waals surface area contributed by atoms with E-state index >= 15 is 0 Å². The van der Waals surface area contributed by atoms with E-state index in [2.05, 4.69) is 26.0 Å². The topological polar surface area (TPSA) is 75.3 Å². The van der Waals surface area contributed by atoms with Gasteiger partial charge in [0.1, 0.15) is 0 Å². The van der Waals surface area contributed by atoms with Gasteiger partial charge in [0.05, 0.1) is 27.2 Å². The second kappa shape index (κ2) is 8.17. The van der Waals surface area contributed by atoms with E-state index in [1.165, 1.54) is 31.2 Å². The Morgan fingerprint density at radius 3 is 2.30 bits per heavy atom. The normalized spacial score (nSPS) is 13.3. The maximum Gasteiger partial charge on any atom is 0.416 e. The highest BCUT2D eigenvalue weighted by atomic mass is 79.9. The molecule has 0 radical (unpaired) electrons. The molecule has 0 spiro atoms. The van der Waals surface area contributed by atoms with Gasteiger partial charge in [-0.2, -0.15) is 17.9 Å². The highest BCUT2D eigenvalue weighted by molar-refractivity contribution is 9.10. The van der Waals surface area contributed by atoms with Crippen LogP contribution in [0.4, 0.5) is 18.9 Å². The number of anilines is 1. The Morgan fingerprint density at radius 2 is 1.74 bits per heavy atom. The molecule has 5 nitrogen and oxygen atoms in total. The van der Waals surface area contributed by atoms with Crippen molar-refractivity contribution >= 4 is 49.1 Å². The van der Waals surface area contributed by atoms with Gasteiger partial charge in [0.25, 0.3) is 0 Å². The van der Waals surface area contributed by atoms with Crippen molar-refractivity contribution in [2.75, 3.05) is 5.32 Å². The number of hydrogen-bond acceptors (Lipinski definition) is 3. The summed E-state index contributed by atoms with van der Waals surface area (Å²) < 4.78 is 65.7. The van der Waals surface area contributed by atoms with Gasteiger partial charge in [-0.15, -0.1) is 0 Å². The molecule has 2 N–H and O–H groups in total. The van der Waals surface area contributed by atoms with E-state index in [0.29, 0.717) is 10.5 Å². The smallest absolute Gasteiger partial charge is 0.323 e. The van der Waals surface area contributed by atoms with E-state index < -0.39 is 33.7 Å². The Hall–Kier alpha value is -1.62. The molecule has 1 atom stereocenters. The van der Waals surface area contributed by atoms with E-state index in [4.69, 9.17) is 11.6 Å². The van der Waals surface area contributed by atoms with Crippen LogP contribution >= 0.6 is 27.5 Å². The first kappa shape index (κ1) is 21.7. The molecule has 27 heavy (non-hydrogen) atoms. The first-order valence-electron chi connectivity index (χ1n) is 7.35. The van der Waals surface area contributed by atoms with Gasteiger partial charge in [-0.1, -0.05) is 27.5 Å². The lowest BCUT2D eigenvalue weighted by Gasteiger charge is -2.16. The summed E-state index contributed by atoms with van der Waals surface area (Å²) in [7, 11) is -4.00. The predicted molar refractivity (Wildman–Crippen MR) is 99.0 cm³/mol. The number of benzene rings is 2. The number of nitrogens with one attached hydrogen (secondary N) is 2. The fourth-order valence-electron chi connectivity index (χ4n) is 2.01. The lowest BCUT2D eigenvalue weighted by molar-refractivity contribution is -0.137. The third kappa shape index (κ3) is 5.68. The molecule has 0 aliphatic carbocycles. The number of amides is 1. The van der Waals surface area contributed by atoms with Crippen LogP contribution in [0, 0.1) is 0 Å². The number of rotatable bonds is 5. The third-order valence-corrected chi connectivity index (χ3v) is 5.82. The Bertz CT molecular complexity index is 950. The molecule has 0 bridgehead atoms. The zero-order valence-corrected chi connectivity index (χ0v) is 16.8. The number of carbonyl (C=O) groups is 1. The van der Waals surface area contributed by atoms with Gasteiger partial charge in [0.15, 0.2) is 0 Å². The fourth-order valence-corrected chi connectivity index (χ4v) is 3.64. The van der Waals surface area contributed by atoms with Crippen molar-refractivity contribution in [1.82, 2.24) is 4.72 Å². The average molecular weight is 486 g/mol. The fraction of sp³-hybridized carbons (Fsp3) is 0.188. The van der Waals surface area contributed by atoms with E-state index in [0.717, 1.165) is 12.1 Å². The van der Waals surface area contributed by atoms with Gasteiger partial charge in [0.2, 0.25) is 15.9 Å². The van der Waals surface area contributed by atoms with E-state index in [1.54, 1.807) is 0 Å². The molecular formula is C16H13BrClF3N2O3S. The summed E-state index contributed by atoms with van der Waals surface area (Å²) in [5.41, 5.74) is -1.27.